The maximum atomic E-state index is 12.3. The van der Waals surface area contributed by atoms with Crippen LogP contribution < -0.4 is 15.2 Å². The number of amides is 1. The number of piperidine rings is 1. The second kappa shape index (κ2) is 7.31. The monoisotopic (exact) mass is 304 g/mol. The van der Waals surface area contributed by atoms with E-state index in [0.29, 0.717) is 18.0 Å². The summed E-state index contributed by atoms with van der Waals surface area (Å²) >= 11 is 0. The Labute approximate surface area is 131 Å². The van der Waals surface area contributed by atoms with Crippen molar-refractivity contribution in [3.05, 3.63) is 29.8 Å². The molecule has 1 saturated heterocycles. The molecule has 0 radical (unpaired) electrons. The van der Waals surface area contributed by atoms with Gasteiger partial charge in [-0.3, -0.25) is 4.79 Å². The van der Waals surface area contributed by atoms with Gasteiger partial charge >= 0.3 is 0 Å². The molecule has 0 spiro atoms. The molecule has 2 unspecified atom stereocenters. The standard InChI is InChI=1S/C17H24N2O3/c1-12-8-14(18)6-7-19(12)17(20)5-4-13-9-15(21-2)11-16(10-13)22-3/h4-5,9-12,14H,6-8,18H2,1-3H3. The molecule has 0 aromatic heterocycles. The quantitative estimate of drug-likeness (QED) is 0.865. The van der Waals surface area contributed by atoms with Gasteiger partial charge in [-0.1, -0.05) is 0 Å². The summed E-state index contributed by atoms with van der Waals surface area (Å²) in [5.74, 6) is 1.41. The molecule has 1 fully saturated rings. The fourth-order valence-electron chi connectivity index (χ4n) is 2.72. The molecule has 1 amide bonds. The fraction of sp³-hybridized carbons (Fsp3) is 0.471. The smallest absolute Gasteiger partial charge is 0.246 e. The summed E-state index contributed by atoms with van der Waals surface area (Å²) in [5, 5.41) is 0. The molecule has 2 N–H and O–H groups in total. The minimum atomic E-state index is 0.0150. The Morgan fingerprint density at radius 1 is 1.27 bits per heavy atom. The van der Waals surface area contributed by atoms with Gasteiger partial charge in [-0.25, -0.2) is 0 Å². The molecule has 1 aromatic rings. The zero-order chi connectivity index (χ0) is 16.1. The van der Waals surface area contributed by atoms with Crippen LogP contribution in [0.4, 0.5) is 0 Å². The molecular weight excluding hydrogens is 280 g/mol. The maximum absolute atomic E-state index is 12.3. The van der Waals surface area contributed by atoms with E-state index in [0.717, 1.165) is 18.4 Å². The zero-order valence-corrected chi connectivity index (χ0v) is 13.4. The minimum Gasteiger partial charge on any atom is -0.497 e. The molecule has 2 atom stereocenters. The number of nitrogens with two attached hydrogens (primary N) is 1. The molecule has 2 rings (SSSR count). The number of likely N-dealkylation sites (tertiary alicyclic amines) is 1. The van der Waals surface area contributed by atoms with E-state index >= 15 is 0 Å². The molecule has 22 heavy (non-hydrogen) atoms. The molecule has 5 heteroatoms. The SMILES string of the molecule is COc1cc(C=CC(=O)N2CCC(N)CC2C)cc(OC)c1. The van der Waals surface area contributed by atoms with Crippen molar-refractivity contribution in [2.75, 3.05) is 20.8 Å². The predicted octanol–water partition coefficient (Wildman–Crippen LogP) is 2.06. The highest BCUT2D eigenvalue weighted by Crippen LogP contribution is 2.23. The van der Waals surface area contributed by atoms with Crippen LogP contribution in [0.5, 0.6) is 11.5 Å². The second-order valence-electron chi connectivity index (χ2n) is 5.64. The summed E-state index contributed by atoms with van der Waals surface area (Å²) in [6.45, 7) is 2.76. The van der Waals surface area contributed by atoms with E-state index in [2.05, 4.69) is 0 Å². The van der Waals surface area contributed by atoms with Gasteiger partial charge in [0.05, 0.1) is 14.2 Å². The first-order chi connectivity index (χ1) is 10.5. The van der Waals surface area contributed by atoms with Gasteiger partial charge < -0.3 is 20.1 Å². The van der Waals surface area contributed by atoms with Gasteiger partial charge in [0.2, 0.25) is 5.91 Å². The van der Waals surface area contributed by atoms with Crippen LogP contribution in [-0.2, 0) is 4.79 Å². The van der Waals surface area contributed by atoms with Crippen molar-refractivity contribution in [3.63, 3.8) is 0 Å². The lowest BCUT2D eigenvalue weighted by Gasteiger charge is -2.35. The van der Waals surface area contributed by atoms with Crippen molar-refractivity contribution in [3.8, 4) is 11.5 Å². The van der Waals surface area contributed by atoms with Crippen LogP contribution in [-0.4, -0.2) is 43.7 Å². The Morgan fingerprint density at radius 2 is 1.91 bits per heavy atom. The van der Waals surface area contributed by atoms with Crippen LogP contribution in [0.15, 0.2) is 24.3 Å². The van der Waals surface area contributed by atoms with Crippen molar-refractivity contribution < 1.29 is 14.3 Å². The highest BCUT2D eigenvalue weighted by atomic mass is 16.5. The van der Waals surface area contributed by atoms with Crippen molar-refractivity contribution in [2.24, 2.45) is 5.73 Å². The molecule has 0 saturated carbocycles. The fourth-order valence-corrected chi connectivity index (χ4v) is 2.72. The molecule has 120 valence electrons. The third-order valence-electron chi connectivity index (χ3n) is 3.99. The molecule has 1 aromatic carbocycles. The predicted molar refractivity (Wildman–Crippen MR) is 87.0 cm³/mol. The normalized spacial score (nSPS) is 21.9. The molecule has 1 aliphatic rings. The Morgan fingerprint density at radius 3 is 2.45 bits per heavy atom. The number of methoxy groups -OCH3 is 2. The van der Waals surface area contributed by atoms with E-state index in [1.165, 1.54) is 0 Å². The number of benzene rings is 1. The molecular formula is C17H24N2O3. The third-order valence-corrected chi connectivity index (χ3v) is 3.99. The number of hydrogen-bond donors (Lipinski definition) is 1. The van der Waals surface area contributed by atoms with Crippen molar-refractivity contribution >= 4 is 12.0 Å². The summed E-state index contributed by atoms with van der Waals surface area (Å²) in [6.07, 6.45) is 5.10. The average molecular weight is 304 g/mol. The maximum Gasteiger partial charge on any atom is 0.246 e. The van der Waals surface area contributed by atoms with Gasteiger partial charge in [0.1, 0.15) is 11.5 Å². The van der Waals surface area contributed by atoms with E-state index in [4.69, 9.17) is 15.2 Å². The van der Waals surface area contributed by atoms with Crippen LogP contribution in [0.25, 0.3) is 6.08 Å². The summed E-state index contributed by atoms with van der Waals surface area (Å²) in [4.78, 5) is 14.2. The lowest BCUT2D eigenvalue weighted by molar-refractivity contribution is -0.129. The van der Waals surface area contributed by atoms with E-state index in [-0.39, 0.29) is 18.0 Å². The summed E-state index contributed by atoms with van der Waals surface area (Å²) in [5.41, 5.74) is 6.80. The number of rotatable bonds is 4. The van der Waals surface area contributed by atoms with Crippen molar-refractivity contribution in [2.45, 2.75) is 31.8 Å². The number of nitrogens with zero attached hydrogens (tertiary/aromatic N) is 1. The molecule has 0 aliphatic carbocycles. The topological polar surface area (TPSA) is 64.8 Å². The van der Waals surface area contributed by atoms with E-state index in [9.17, 15) is 4.79 Å². The van der Waals surface area contributed by atoms with Gasteiger partial charge in [0, 0.05) is 30.8 Å². The second-order valence-corrected chi connectivity index (χ2v) is 5.64. The first-order valence-corrected chi connectivity index (χ1v) is 7.51. The van der Waals surface area contributed by atoms with Crippen LogP contribution in [0, 0.1) is 0 Å². The minimum absolute atomic E-state index is 0.0150. The zero-order valence-electron chi connectivity index (χ0n) is 13.4. The lowest BCUT2D eigenvalue weighted by atomic mass is 9.99. The first-order valence-electron chi connectivity index (χ1n) is 7.51. The Balaban J connectivity index is 2.09. The summed E-state index contributed by atoms with van der Waals surface area (Å²) in [7, 11) is 3.21. The van der Waals surface area contributed by atoms with Gasteiger partial charge in [-0.2, -0.15) is 0 Å². The lowest BCUT2D eigenvalue weighted by Crippen LogP contribution is -2.47. The third kappa shape index (κ3) is 4.01. The van der Waals surface area contributed by atoms with Crippen LogP contribution in [0.2, 0.25) is 0 Å². The Bertz CT molecular complexity index is 535. The van der Waals surface area contributed by atoms with E-state index in [1.807, 2.05) is 24.0 Å². The largest absolute Gasteiger partial charge is 0.497 e. The van der Waals surface area contributed by atoms with Crippen molar-refractivity contribution in [1.82, 2.24) is 4.90 Å². The van der Waals surface area contributed by atoms with Gasteiger partial charge in [-0.15, -0.1) is 0 Å². The average Bonchev–Trinajstić information content (AvgIpc) is 2.52. The van der Waals surface area contributed by atoms with Crippen molar-refractivity contribution in [1.29, 1.82) is 0 Å². The highest BCUT2D eigenvalue weighted by molar-refractivity contribution is 5.92. The summed E-state index contributed by atoms with van der Waals surface area (Å²) < 4.78 is 10.5. The Kier molecular flexibility index (Phi) is 5.44. The van der Waals surface area contributed by atoms with Crippen LogP contribution >= 0.6 is 0 Å². The molecule has 0 bridgehead atoms. The highest BCUT2D eigenvalue weighted by Gasteiger charge is 2.25. The van der Waals surface area contributed by atoms with E-state index < -0.39 is 0 Å². The number of ether oxygens (including phenoxy) is 2. The van der Waals surface area contributed by atoms with Gasteiger partial charge in [-0.05, 0) is 43.5 Å². The van der Waals surface area contributed by atoms with Crippen LogP contribution in [0.1, 0.15) is 25.3 Å². The summed E-state index contributed by atoms with van der Waals surface area (Å²) in [6, 6.07) is 5.91. The first kappa shape index (κ1) is 16.4. The van der Waals surface area contributed by atoms with Gasteiger partial charge in [0.15, 0.2) is 0 Å². The molecule has 5 nitrogen and oxygen atoms in total. The van der Waals surface area contributed by atoms with Crippen LogP contribution in [0.3, 0.4) is 0 Å². The number of carbonyl (C=O) groups is 1. The number of hydrogen-bond acceptors (Lipinski definition) is 4. The molecule has 1 heterocycles. The van der Waals surface area contributed by atoms with Gasteiger partial charge in [0.25, 0.3) is 0 Å². The number of carbonyl (C=O) groups excluding carboxylic acids is 1. The molecule has 1 aliphatic heterocycles. The Hall–Kier alpha value is -2.01. The van der Waals surface area contributed by atoms with E-state index in [1.54, 1.807) is 32.4 Å².